The monoisotopic (exact) mass is 377 g/mol. The van der Waals surface area contributed by atoms with Crippen LogP contribution in [0.3, 0.4) is 0 Å². The van der Waals surface area contributed by atoms with Gasteiger partial charge >= 0.3 is 5.97 Å². The number of carbonyl (C=O) groups excluding carboxylic acids is 1. The lowest BCUT2D eigenvalue weighted by Gasteiger charge is -2.18. The van der Waals surface area contributed by atoms with Crippen molar-refractivity contribution in [3.63, 3.8) is 0 Å². The van der Waals surface area contributed by atoms with Crippen molar-refractivity contribution >= 4 is 22.9 Å². The molecule has 0 aliphatic rings. The van der Waals surface area contributed by atoms with E-state index in [9.17, 15) is 19.5 Å². The number of aromatic hydroxyl groups is 1. The van der Waals surface area contributed by atoms with Gasteiger partial charge in [0.15, 0.2) is 0 Å². The van der Waals surface area contributed by atoms with Gasteiger partial charge in [-0.2, -0.15) is 0 Å². The van der Waals surface area contributed by atoms with E-state index in [1.54, 1.807) is 12.3 Å². The molecule has 9 nitrogen and oxygen atoms in total. The van der Waals surface area contributed by atoms with Crippen molar-refractivity contribution in [2.75, 3.05) is 13.2 Å². The predicted octanol–water partition coefficient (Wildman–Crippen LogP) is 1.33. The number of fused-ring (bicyclic) bond motifs is 1. The van der Waals surface area contributed by atoms with Crippen LogP contribution in [0.4, 0.5) is 0 Å². The van der Waals surface area contributed by atoms with Crippen LogP contribution in [0, 0.1) is 0 Å². The molecule has 0 saturated carbocycles. The fourth-order valence-electron chi connectivity index (χ4n) is 2.85. The summed E-state index contributed by atoms with van der Waals surface area (Å²) in [4.78, 5) is 39.6. The zero-order valence-corrected chi connectivity index (χ0v) is 15.5. The Morgan fingerprint density at radius 2 is 2.07 bits per heavy atom. The highest BCUT2D eigenvalue weighted by Crippen LogP contribution is 2.30. The number of hydrogen-bond acceptors (Lipinski definition) is 6. The molecule has 0 unspecified atom stereocenters. The van der Waals surface area contributed by atoms with Gasteiger partial charge in [-0.15, -0.1) is 0 Å². The molecule has 0 fully saturated rings. The number of carboxylic acid groups (broad SMARTS) is 1. The molecule has 146 valence electrons. The molecule has 0 bridgehead atoms. The summed E-state index contributed by atoms with van der Waals surface area (Å²) in [6.07, 6.45) is 2.99. The number of amides is 1. The first-order valence-electron chi connectivity index (χ1n) is 8.64. The number of rotatable bonds is 8. The lowest BCUT2D eigenvalue weighted by molar-refractivity contribution is -0.135. The standard InChI is InChI=1S/C18H23N3O6/c1-4-6-12(27-5-2)10-7-11-15(24)14(17(25)20-9-13(22)23)18(26)21(3)16(11)19-8-10/h7-8,12,24H,4-6,9H2,1-3H3,(H,20,25)(H,22,23)/t12-/m0/s1. The number of aryl methyl sites for hydroxylation is 1. The minimum atomic E-state index is -1.26. The molecule has 0 saturated heterocycles. The Morgan fingerprint density at radius 1 is 1.37 bits per heavy atom. The van der Waals surface area contributed by atoms with Gasteiger partial charge in [0, 0.05) is 19.9 Å². The normalized spacial score (nSPS) is 12.1. The summed E-state index contributed by atoms with van der Waals surface area (Å²) in [6.45, 7) is 3.74. The molecule has 1 amide bonds. The third-order valence-corrected chi connectivity index (χ3v) is 4.13. The fraction of sp³-hybridized carbons (Fsp3) is 0.444. The van der Waals surface area contributed by atoms with Crippen molar-refractivity contribution in [2.24, 2.45) is 7.05 Å². The summed E-state index contributed by atoms with van der Waals surface area (Å²) < 4.78 is 6.86. The number of carbonyl (C=O) groups is 2. The molecule has 9 heteroatoms. The van der Waals surface area contributed by atoms with Crippen LogP contribution in [-0.2, 0) is 16.6 Å². The summed E-state index contributed by atoms with van der Waals surface area (Å²) in [7, 11) is 1.43. The lowest BCUT2D eigenvalue weighted by Crippen LogP contribution is -2.35. The van der Waals surface area contributed by atoms with Crippen molar-refractivity contribution in [1.82, 2.24) is 14.9 Å². The van der Waals surface area contributed by atoms with Crippen LogP contribution >= 0.6 is 0 Å². The van der Waals surface area contributed by atoms with Gasteiger partial charge in [0.05, 0.1) is 11.5 Å². The van der Waals surface area contributed by atoms with E-state index in [-0.39, 0.29) is 17.1 Å². The Hall–Kier alpha value is -2.94. The van der Waals surface area contributed by atoms with Crippen molar-refractivity contribution in [3.05, 3.63) is 33.7 Å². The van der Waals surface area contributed by atoms with Gasteiger partial charge in [0.25, 0.3) is 11.5 Å². The van der Waals surface area contributed by atoms with E-state index >= 15 is 0 Å². The number of pyridine rings is 2. The van der Waals surface area contributed by atoms with E-state index in [1.165, 1.54) is 7.05 Å². The number of nitrogens with zero attached hydrogens (tertiary/aromatic N) is 2. The largest absolute Gasteiger partial charge is 0.506 e. The molecule has 0 aliphatic carbocycles. The highest BCUT2D eigenvalue weighted by molar-refractivity contribution is 6.02. The maximum absolute atomic E-state index is 12.4. The number of ether oxygens (including phenoxy) is 1. The smallest absolute Gasteiger partial charge is 0.322 e. The van der Waals surface area contributed by atoms with E-state index in [1.807, 2.05) is 13.8 Å². The van der Waals surface area contributed by atoms with Crippen LogP contribution in [0.15, 0.2) is 17.1 Å². The van der Waals surface area contributed by atoms with Gasteiger partial charge in [-0.05, 0) is 25.0 Å². The van der Waals surface area contributed by atoms with Gasteiger partial charge in [-0.1, -0.05) is 13.3 Å². The lowest BCUT2D eigenvalue weighted by atomic mass is 10.0. The van der Waals surface area contributed by atoms with E-state index in [2.05, 4.69) is 10.3 Å². The summed E-state index contributed by atoms with van der Waals surface area (Å²) in [5, 5.41) is 21.6. The van der Waals surface area contributed by atoms with Gasteiger partial charge in [-0.25, -0.2) is 4.98 Å². The van der Waals surface area contributed by atoms with E-state index < -0.39 is 35.3 Å². The second-order valence-corrected chi connectivity index (χ2v) is 6.04. The van der Waals surface area contributed by atoms with Crippen LogP contribution in [0.1, 0.15) is 48.7 Å². The van der Waals surface area contributed by atoms with E-state index in [0.717, 1.165) is 23.0 Å². The molecule has 2 aromatic heterocycles. The fourth-order valence-corrected chi connectivity index (χ4v) is 2.85. The highest BCUT2D eigenvalue weighted by atomic mass is 16.5. The topological polar surface area (TPSA) is 131 Å². The molecule has 2 aromatic rings. The number of aliphatic carboxylic acids is 1. The Morgan fingerprint density at radius 3 is 2.67 bits per heavy atom. The number of aromatic nitrogens is 2. The van der Waals surface area contributed by atoms with Crippen molar-refractivity contribution in [3.8, 4) is 5.75 Å². The Kier molecular flexibility index (Phi) is 6.51. The highest BCUT2D eigenvalue weighted by Gasteiger charge is 2.23. The zero-order valence-electron chi connectivity index (χ0n) is 15.5. The van der Waals surface area contributed by atoms with Gasteiger partial charge < -0.3 is 20.3 Å². The summed E-state index contributed by atoms with van der Waals surface area (Å²) in [5.41, 5.74) is -0.355. The summed E-state index contributed by atoms with van der Waals surface area (Å²) in [5.74, 6) is -2.75. The van der Waals surface area contributed by atoms with Gasteiger partial charge in [-0.3, -0.25) is 19.0 Å². The minimum Gasteiger partial charge on any atom is -0.506 e. The van der Waals surface area contributed by atoms with Crippen LogP contribution in [0.25, 0.3) is 11.0 Å². The molecule has 1 atom stereocenters. The molecule has 2 heterocycles. The molecule has 2 rings (SSSR count). The number of hydrogen-bond donors (Lipinski definition) is 3. The average molecular weight is 377 g/mol. The number of carboxylic acids is 1. The maximum Gasteiger partial charge on any atom is 0.322 e. The third-order valence-electron chi connectivity index (χ3n) is 4.13. The first-order valence-corrected chi connectivity index (χ1v) is 8.64. The molecule has 27 heavy (non-hydrogen) atoms. The Balaban J connectivity index is 2.61. The molecule has 0 spiro atoms. The summed E-state index contributed by atoms with van der Waals surface area (Å²) >= 11 is 0. The quantitative estimate of drug-likeness (QED) is 0.632. The second-order valence-electron chi connectivity index (χ2n) is 6.04. The minimum absolute atomic E-state index is 0.211. The number of nitrogens with one attached hydrogen (secondary N) is 1. The second kappa shape index (κ2) is 8.63. The maximum atomic E-state index is 12.4. The Bertz CT molecular complexity index is 915. The van der Waals surface area contributed by atoms with Gasteiger partial charge in [0.1, 0.15) is 23.5 Å². The van der Waals surface area contributed by atoms with Crippen LogP contribution in [0.5, 0.6) is 5.75 Å². The first-order chi connectivity index (χ1) is 12.8. The average Bonchev–Trinajstić information content (AvgIpc) is 2.64. The predicted molar refractivity (Wildman–Crippen MR) is 97.9 cm³/mol. The van der Waals surface area contributed by atoms with Crippen molar-refractivity contribution in [1.29, 1.82) is 0 Å². The molecular formula is C18H23N3O6. The molecule has 3 N–H and O–H groups in total. The zero-order chi connectivity index (χ0) is 20.1. The van der Waals surface area contributed by atoms with Crippen LogP contribution < -0.4 is 10.9 Å². The molecule has 0 radical (unpaired) electrons. The van der Waals surface area contributed by atoms with Crippen molar-refractivity contribution in [2.45, 2.75) is 32.8 Å². The van der Waals surface area contributed by atoms with E-state index in [4.69, 9.17) is 9.84 Å². The summed E-state index contributed by atoms with van der Waals surface area (Å²) in [6, 6.07) is 1.64. The molecule has 0 aliphatic heterocycles. The van der Waals surface area contributed by atoms with Crippen LogP contribution in [0.2, 0.25) is 0 Å². The van der Waals surface area contributed by atoms with Gasteiger partial charge in [0.2, 0.25) is 0 Å². The van der Waals surface area contributed by atoms with Crippen LogP contribution in [-0.4, -0.2) is 44.8 Å². The molecular weight excluding hydrogens is 354 g/mol. The molecule has 0 aromatic carbocycles. The third kappa shape index (κ3) is 4.25. The van der Waals surface area contributed by atoms with E-state index in [0.29, 0.717) is 6.61 Å². The first kappa shape index (κ1) is 20.4. The Labute approximate surface area is 155 Å². The SMILES string of the molecule is CCC[C@H](OCC)c1cnc2c(c1)c(O)c(C(=O)NCC(=O)O)c(=O)n2C. The van der Waals surface area contributed by atoms with Crippen molar-refractivity contribution < 1.29 is 24.5 Å².